The van der Waals surface area contributed by atoms with E-state index in [1.54, 1.807) is 0 Å². The van der Waals surface area contributed by atoms with Crippen molar-refractivity contribution < 1.29 is 8.83 Å². The molecule has 51 heavy (non-hydrogen) atoms. The Morgan fingerprint density at radius 2 is 0.980 bits per heavy atom. The van der Waals surface area contributed by atoms with Crippen LogP contribution in [0.15, 0.2) is 160 Å². The fourth-order valence-corrected chi connectivity index (χ4v) is 8.60. The molecule has 0 bridgehead atoms. The van der Waals surface area contributed by atoms with Gasteiger partial charge in [-0.25, -0.2) is 15.0 Å². The molecule has 6 heteroatoms. The standard InChI is InChI=1S/C45H25N3O2S/c1-2-10-26(11-3-1)43-46-44(48-45(47-43)35-16-9-18-37-41(35)34-13-4-6-17-36(34)49-37)28-21-23-31-30-22-20-27(24-38(30)50-39(31)25-28)29-14-8-15-33-32-12-5-7-19-40(32)51-42(29)33/h1-25H. The lowest BCUT2D eigenvalue weighted by Crippen LogP contribution is -2.00. The molecule has 0 amide bonds. The van der Waals surface area contributed by atoms with Crippen molar-refractivity contribution >= 4 is 75.4 Å². The topological polar surface area (TPSA) is 65.0 Å². The number of rotatable bonds is 4. The van der Waals surface area contributed by atoms with Gasteiger partial charge < -0.3 is 8.83 Å². The Morgan fingerprint density at radius 1 is 0.373 bits per heavy atom. The molecule has 11 rings (SSSR count). The van der Waals surface area contributed by atoms with Gasteiger partial charge in [0.25, 0.3) is 0 Å². The Hall–Kier alpha value is -6.63. The predicted octanol–water partition coefficient (Wildman–Crippen LogP) is 12.7. The van der Waals surface area contributed by atoms with Crippen molar-refractivity contribution in [2.45, 2.75) is 0 Å². The summed E-state index contributed by atoms with van der Waals surface area (Å²) in [6.45, 7) is 0. The zero-order valence-corrected chi connectivity index (χ0v) is 27.8. The van der Waals surface area contributed by atoms with E-state index in [0.29, 0.717) is 17.5 Å². The van der Waals surface area contributed by atoms with E-state index in [1.165, 1.54) is 25.7 Å². The second kappa shape index (κ2) is 10.9. The third kappa shape index (κ3) is 4.43. The number of thiophene rings is 1. The summed E-state index contributed by atoms with van der Waals surface area (Å²) in [5.74, 6) is 1.76. The minimum absolute atomic E-state index is 0.572. The minimum atomic E-state index is 0.572. The number of furan rings is 2. The molecule has 4 heterocycles. The number of aromatic nitrogens is 3. The molecule has 11 aromatic rings. The average Bonchev–Trinajstić information content (AvgIpc) is 3.88. The van der Waals surface area contributed by atoms with Crippen molar-refractivity contribution in [2.75, 3.05) is 0 Å². The first-order valence-electron chi connectivity index (χ1n) is 16.8. The van der Waals surface area contributed by atoms with Crippen molar-refractivity contribution in [1.29, 1.82) is 0 Å². The third-order valence-electron chi connectivity index (χ3n) is 9.76. The fourth-order valence-electron chi connectivity index (χ4n) is 7.36. The van der Waals surface area contributed by atoms with Gasteiger partial charge in [0.2, 0.25) is 0 Å². The van der Waals surface area contributed by atoms with Crippen LogP contribution in [-0.2, 0) is 0 Å². The molecule has 4 aromatic heterocycles. The summed E-state index contributed by atoms with van der Waals surface area (Å²) >= 11 is 1.84. The molecule has 0 N–H and O–H groups in total. The lowest BCUT2D eigenvalue weighted by Gasteiger charge is -2.09. The molecular weight excluding hydrogens is 647 g/mol. The molecule has 7 aromatic carbocycles. The molecule has 0 aliphatic rings. The van der Waals surface area contributed by atoms with Crippen molar-refractivity contribution in [3.63, 3.8) is 0 Å². The van der Waals surface area contributed by atoms with E-state index in [1.807, 2.05) is 78.1 Å². The molecule has 0 aliphatic carbocycles. The van der Waals surface area contributed by atoms with Crippen LogP contribution in [0.25, 0.3) is 109 Å². The molecule has 0 atom stereocenters. The summed E-state index contributed by atoms with van der Waals surface area (Å²) < 4.78 is 15.4. The van der Waals surface area contributed by atoms with Gasteiger partial charge in [-0.15, -0.1) is 11.3 Å². The second-order valence-corrected chi connectivity index (χ2v) is 13.8. The highest BCUT2D eigenvalue weighted by Gasteiger charge is 2.19. The van der Waals surface area contributed by atoms with Crippen molar-refractivity contribution in [1.82, 2.24) is 15.0 Å². The van der Waals surface area contributed by atoms with E-state index in [0.717, 1.165) is 66.1 Å². The van der Waals surface area contributed by atoms with Gasteiger partial charge in [-0.3, -0.25) is 0 Å². The Balaban J connectivity index is 1.07. The highest BCUT2D eigenvalue weighted by molar-refractivity contribution is 7.26. The number of benzene rings is 7. The van der Waals surface area contributed by atoms with E-state index in [9.17, 15) is 0 Å². The molecule has 238 valence electrons. The second-order valence-electron chi connectivity index (χ2n) is 12.8. The Morgan fingerprint density at radius 3 is 1.84 bits per heavy atom. The zero-order valence-electron chi connectivity index (χ0n) is 27.0. The molecule has 0 aliphatic heterocycles. The maximum Gasteiger partial charge on any atom is 0.164 e. The van der Waals surface area contributed by atoms with Crippen LogP contribution < -0.4 is 0 Å². The maximum absolute atomic E-state index is 6.59. The van der Waals surface area contributed by atoms with Crippen molar-refractivity contribution in [2.24, 2.45) is 0 Å². The molecular formula is C45H25N3O2S. The first kappa shape index (κ1) is 28.2. The first-order valence-corrected chi connectivity index (χ1v) is 17.7. The number of nitrogens with zero attached hydrogens (tertiary/aromatic N) is 3. The van der Waals surface area contributed by atoms with Gasteiger partial charge in [-0.2, -0.15) is 0 Å². The summed E-state index contributed by atoms with van der Waals surface area (Å²) in [5.41, 5.74) is 8.25. The van der Waals surface area contributed by atoms with E-state index >= 15 is 0 Å². The smallest absolute Gasteiger partial charge is 0.164 e. The Kier molecular flexibility index (Phi) is 6.05. The highest BCUT2D eigenvalue weighted by atomic mass is 32.1. The largest absolute Gasteiger partial charge is 0.456 e. The Bertz CT molecular complexity index is 3160. The van der Waals surface area contributed by atoms with Gasteiger partial charge in [0.15, 0.2) is 17.5 Å². The summed E-state index contributed by atoms with van der Waals surface area (Å²) in [5, 5.41) is 6.71. The maximum atomic E-state index is 6.59. The molecule has 0 fully saturated rings. The first-order chi connectivity index (χ1) is 25.2. The fraction of sp³-hybridized carbons (Fsp3) is 0. The van der Waals surface area contributed by atoms with Crippen molar-refractivity contribution in [3.05, 3.63) is 152 Å². The van der Waals surface area contributed by atoms with Crippen molar-refractivity contribution in [3.8, 4) is 45.3 Å². The molecule has 0 saturated carbocycles. The predicted molar refractivity (Wildman–Crippen MR) is 209 cm³/mol. The minimum Gasteiger partial charge on any atom is -0.456 e. The van der Waals surface area contributed by atoms with Crippen LogP contribution in [0, 0.1) is 0 Å². The van der Waals surface area contributed by atoms with Gasteiger partial charge in [0.05, 0.1) is 0 Å². The Labute approximate surface area is 295 Å². The SMILES string of the molecule is c1ccc(-c2nc(-c3ccc4c(c3)oc3cc(-c5cccc6c5sc5ccccc56)ccc34)nc(-c3cccc4oc5ccccc5c34)n2)cc1. The summed E-state index contributed by atoms with van der Waals surface area (Å²) in [4.78, 5) is 15.1. The number of hydrogen-bond donors (Lipinski definition) is 0. The quantitative estimate of drug-likeness (QED) is 0.186. The normalized spacial score (nSPS) is 11.9. The van der Waals surface area contributed by atoms with Crippen LogP contribution in [0.4, 0.5) is 0 Å². The van der Waals surface area contributed by atoms with Gasteiger partial charge in [0.1, 0.15) is 22.3 Å². The van der Waals surface area contributed by atoms with Gasteiger partial charge in [0, 0.05) is 58.4 Å². The van der Waals surface area contributed by atoms with Crippen LogP contribution in [-0.4, -0.2) is 15.0 Å². The monoisotopic (exact) mass is 671 g/mol. The van der Waals surface area contributed by atoms with Gasteiger partial charge in [-0.05, 0) is 53.6 Å². The average molecular weight is 672 g/mol. The van der Waals surface area contributed by atoms with E-state index < -0.39 is 0 Å². The van der Waals surface area contributed by atoms with Crippen LogP contribution in [0.1, 0.15) is 0 Å². The van der Waals surface area contributed by atoms with Crippen LogP contribution in [0.2, 0.25) is 0 Å². The lowest BCUT2D eigenvalue weighted by molar-refractivity contribution is 0.668. The molecule has 0 saturated heterocycles. The molecule has 5 nitrogen and oxygen atoms in total. The van der Waals surface area contributed by atoms with Crippen LogP contribution in [0.3, 0.4) is 0 Å². The molecule has 0 unspecified atom stereocenters. The molecule has 0 radical (unpaired) electrons. The van der Waals surface area contributed by atoms with Crippen LogP contribution in [0.5, 0.6) is 0 Å². The summed E-state index contributed by atoms with van der Waals surface area (Å²) in [6, 6.07) is 52.1. The number of fused-ring (bicyclic) bond motifs is 9. The number of hydrogen-bond acceptors (Lipinski definition) is 6. The third-order valence-corrected chi connectivity index (χ3v) is 11.0. The zero-order chi connectivity index (χ0) is 33.5. The van der Waals surface area contributed by atoms with E-state index in [-0.39, 0.29) is 0 Å². The van der Waals surface area contributed by atoms with E-state index in [2.05, 4.69) is 84.9 Å². The van der Waals surface area contributed by atoms with Gasteiger partial charge in [-0.1, -0.05) is 109 Å². The van der Waals surface area contributed by atoms with Gasteiger partial charge >= 0.3 is 0 Å². The highest BCUT2D eigenvalue weighted by Crippen LogP contribution is 2.42. The summed E-state index contributed by atoms with van der Waals surface area (Å²) in [6.07, 6.45) is 0. The number of para-hydroxylation sites is 1. The lowest BCUT2D eigenvalue weighted by atomic mass is 10.0. The molecule has 0 spiro atoms. The van der Waals surface area contributed by atoms with Crippen LogP contribution >= 0.6 is 11.3 Å². The summed E-state index contributed by atoms with van der Waals surface area (Å²) in [7, 11) is 0. The van der Waals surface area contributed by atoms with E-state index in [4.69, 9.17) is 23.8 Å².